The molecule has 0 bridgehead atoms. The van der Waals surface area contributed by atoms with Gasteiger partial charge in [0.1, 0.15) is 11.6 Å². The van der Waals surface area contributed by atoms with Crippen molar-refractivity contribution in [3.63, 3.8) is 0 Å². The molecule has 0 unspecified atom stereocenters. The Bertz CT molecular complexity index is 3700. The lowest BCUT2D eigenvalue weighted by atomic mass is 9.85. The number of rotatable bonds is 5. The summed E-state index contributed by atoms with van der Waals surface area (Å²) in [7, 11) is 0. The van der Waals surface area contributed by atoms with Gasteiger partial charge in [-0.25, -0.2) is 9.97 Å². The standard InChI is InChI=1S/C56H40N4O/c1-56(2,3)37-29-31-49(44(33-37)34-14-5-4-6-15-34)59-50-24-12-20-42(52(50)58-55(59)43-17-8-10-25-51(43)61)47-22-13-21-46(57-47)36-27-26-35-28-30-41-40-19-11-18-39-38-16-7-9-23-48(38)60(53(39)40)54(41)45(35)32-36/h4-33,61H,1-3H3. The molecule has 1 N–H and O–H groups in total. The van der Waals surface area contributed by atoms with Gasteiger partial charge in [-0.15, -0.1) is 0 Å². The van der Waals surface area contributed by atoms with Crippen LogP contribution in [0.25, 0.3) is 111 Å². The van der Waals surface area contributed by atoms with E-state index in [1.165, 1.54) is 54.4 Å². The summed E-state index contributed by atoms with van der Waals surface area (Å²) in [6.45, 7) is 6.73. The van der Waals surface area contributed by atoms with E-state index >= 15 is 0 Å². The summed E-state index contributed by atoms with van der Waals surface area (Å²) in [5.74, 6) is 0.834. The maximum absolute atomic E-state index is 11.3. The first-order chi connectivity index (χ1) is 29.8. The molecule has 0 saturated carbocycles. The average Bonchev–Trinajstić information content (AvgIpc) is 3.96. The van der Waals surface area contributed by atoms with Crippen molar-refractivity contribution in [1.29, 1.82) is 0 Å². The molecule has 5 nitrogen and oxygen atoms in total. The van der Waals surface area contributed by atoms with Crippen molar-refractivity contribution < 1.29 is 5.11 Å². The molecule has 0 spiro atoms. The largest absolute Gasteiger partial charge is 0.507 e. The number of nitrogens with zero attached hydrogens (tertiary/aromatic N) is 4. The first-order valence-electron chi connectivity index (χ1n) is 20.9. The van der Waals surface area contributed by atoms with Gasteiger partial charge in [-0.2, -0.15) is 0 Å². The molecule has 0 fully saturated rings. The molecule has 4 heterocycles. The van der Waals surface area contributed by atoms with Gasteiger partial charge in [0.25, 0.3) is 0 Å². The van der Waals surface area contributed by atoms with Crippen molar-refractivity contribution in [2.75, 3.05) is 0 Å². The van der Waals surface area contributed by atoms with E-state index in [9.17, 15) is 5.11 Å². The molecule has 61 heavy (non-hydrogen) atoms. The molecular weight excluding hydrogens is 745 g/mol. The molecule has 0 saturated heterocycles. The molecule has 0 radical (unpaired) electrons. The molecule has 0 aliphatic heterocycles. The molecule has 0 aliphatic rings. The van der Waals surface area contributed by atoms with E-state index in [2.05, 4.69) is 187 Å². The van der Waals surface area contributed by atoms with Crippen LogP contribution in [0.1, 0.15) is 26.3 Å². The highest BCUT2D eigenvalue weighted by Crippen LogP contribution is 2.44. The minimum Gasteiger partial charge on any atom is -0.507 e. The molecule has 5 heteroatoms. The van der Waals surface area contributed by atoms with E-state index in [0.717, 1.165) is 50.4 Å². The van der Waals surface area contributed by atoms with Gasteiger partial charge in [-0.05, 0) is 76.5 Å². The molecule has 0 amide bonds. The van der Waals surface area contributed by atoms with Crippen molar-refractivity contribution in [2.45, 2.75) is 26.2 Å². The van der Waals surface area contributed by atoms with Gasteiger partial charge in [-0.3, -0.25) is 4.57 Å². The Balaban J connectivity index is 1.06. The summed E-state index contributed by atoms with van der Waals surface area (Å²) in [5.41, 5.74) is 14.2. The Morgan fingerprint density at radius 3 is 1.97 bits per heavy atom. The van der Waals surface area contributed by atoms with E-state index in [0.29, 0.717) is 11.4 Å². The topological polar surface area (TPSA) is 55.3 Å². The van der Waals surface area contributed by atoms with Crippen LogP contribution in [-0.2, 0) is 5.41 Å². The maximum atomic E-state index is 11.3. The van der Waals surface area contributed by atoms with Crippen LogP contribution in [0.3, 0.4) is 0 Å². The van der Waals surface area contributed by atoms with E-state index in [1.807, 2.05) is 18.2 Å². The zero-order valence-corrected chi connectivity index (χ0v) is 34.1. The highest BCUT2D eigenvalue weighted by molar-refractivity contribution is 6.27. The van der Waals surface area contributed by atoms with E-state index < -0.39 is 0 Å². The fourth-order valence-electron chi connectivity index (χ4n) is 9.57. The third-order valence-electron chi connectivity index (χ3n) is 12.5. The number of phenolic OH excluding ortho intramolecular Hbond substituents is 1. The normalized spacial score (nSPS) is 12.2. The van der Waals surface area contributed by atoms with Crippen molar-refractivity contribution in [3.05, 3.63) is 188 Å². The monoisotopic (exact) mass is 784 g/mol. The average molecular weight is 785 g/mol. The molecular formula is C56H40N4O. The maximum Gasteiger partial charge on any atom is 0.149 e. The summed E-state index contributed by atoms with van der Waals surface area (Å²) in [4.78, 5) is 10.8. The summed E-state index contributed by atoms with van der Waals surface area (Å²) in [6.07, 6.45) is 0. The van der Waals surface area contributed by atoms with Crippen LogP contribution in [0.5, 0.6) is 5.75 Å². The number of imidazole rings is 1. The molecule has 12 rings (SSSR count). The van der Waals surface area contributed by atoms with Crippen LogP contribution < -0.4 is 0 Å². The Hall–Kier alpha value is -7.76. The van der Waals surface area contributed by atoms with Gasteiger partial charge in [0.15, 0.2) is 0 Å². The number of phenols is 1. The Labute approximate surface area is 352 Å². The lowest BCUT2D eigenvalue weighted by molar-refractivity contribution is 0.477. The quantitative estimate of drug-likeness (QED) is 0.189. The summed E-state index contributed by atoms with van der Waals surface area (Å²) in [5, 5.41) is 18.8. The minimum absolute atomic E-state index is 0.0529. The number of aromatic hydroxyl groups is 1. The molecule has 8 aromatic carbocycles. The number of pyridine rings is 1. The van der Waals surface area contributed by atoms with Gasteiger partial charge >= 0.3 is 0 Å². The van der Waals surface area contributed by atoms with Gasteiger partial charge < -0.3 is 9.51 Å². The first kappa shape index (κ1) is 35.2. The van der Waals surface area contributed by atoms with E-state index in [4.69, 9.17) is 9.97 Å². The van der Waals surface area contributed by atoms with Crippen LogP contribution >= 0.6 is 0 Å². The second kappa shape index (κ2) is 13.1. The van der Waals surface area contributed by atoms with Crippen LogP contribution in [0.4, 0.5) is 0 Å². The molecule has 0 aliphatic carbocycles. The highest BCUT2D eigenvalue weighted by Gasteiger charge is 2.24. The summed E-state index contributed by atoms with van der Waals surface area (Å²) >= 11 is 0. The van der Waals surface area contributed by atoms with Gasteiger partial charge in [0, 0.05) is 43.6 Å². The van der Waals surface area contributed by atoms with E-state index in [1.54, 1.807) is 6.07 Å². The van der Waals surface area contributed by atoms with Crippen molar-refractivity contribution in [2.24, 2.45) is 0 Å². The molecule has 12 aromatic rings. The van der Waals surface area contributed by atoms with Gasteiger partial charge in [-0.1, -0.05) is 148 Å². The van der Waals surface area contributed by atoms with E-state index in [-0.39, 0.29) is 11.2 Å². The minimum atomic E-state index is -0.0529. The third-order valence-corrected chi connectivity index (χ3v) is 12.5. The molecule has 4 aromatic heterocycles. The number of aromatic nitrogens is 4. The Kier molecular flexibility index (Phi) is 7.57. The van der Waals surface area contributed by atoms with Crippen LogP contribution in [0.15, 0.2) is 182 Å². The van der Waals surface area contributed by atoms with Gasteiger partial charge in [0.2, 0.25) is 0 Å². The fourth-order valence-corrected chi connectivity index (χ4v) is 9.57. The summed E-state index contributed by atoms with van der Waals surface area (Å²) < 4.78 is 4.67. The number of hydrogen-bond donors (Lipinski definition) is 1. The van der Waals surface area contributed by atoms with Crippen molar-refractivity contribution >= 4 is 59.9 Å². The van der Waals surface area contributed by atoms with Crippen LogP contribution in [-0.4, -0.2) is 24.0 Å². The predicted octanol–water partition coefficient (Wildman–Crippen LogP) is 14.4. The highest BCUT2D eigenvalue weighted by atomic mass is 16.3. The third kappa shape index (κ3) is 5.33. The smallest absolute Gasteiger partial charge is 0.149 e. The predicted molar refractivity (Wildman–Crippen MR) is 253 cm³/mol. The zero-order valence-electron chi connectivity index (χ0n) is 34.1. The second-order valence-corrected chi connectivity index (χ2v) is 17.2. The lowest BCUT2D eigenvalue weighted by Gasteiger charge is -2.23. The Morgan fingerprint density at radius 1 is 0.459 bits per heavy atom. The van der Waals surface area contributed by atoms with Crippen molar-refractivity contribution in [3.8, 4) is 56.5 Å². The van der Waals surface area contributed by atoms with Crippen molar-refractivity contribution in [1.82, 2.24) is 18.9 Å². The number of para-hydroxylation sites is 4. The second-order valence-electron chi connectivity index (χ2n) is 17.2. The molecule has 290 valence electrons. The number of fused-ring (bicyclic) bond motifs is 9. The zero-order chi connectivity index (χ0) is 41.0. The summed E-state index contributed by atoms with van der Waals surface area (Å²) in [6, 6.07) is 63.9. The van der Waals surface area contributed by atoms with Crippen LogP contribution in [0.2, 0.25) is 0 Å². The molecule has 0 atom stereocenters. The number of hydrogen-bond acceptors (Lipinski definition) is 3. The lowest BCUT2D eigenvalue weighted by Crippen LogP contribution is -2.12. The van der Waals surface area contributed by atoms with Gasteiger partial charge in [0.05, 0.1) is 50.2 Å². The SMILES string of the molecule is CC(C)(C)c1ccc(-n2c(-c3ccccc3O)nc3c(-c4cccc(-c5ccc6ccc7c8cccc9c%10ccccc%10n(c7c6c5)c98)n4)cccc32)c(-c2ccccc2)c1. The fraction of sp³-hybridized carbons (Fsp3) is 0.0714. The number of benzene rings is 8. The van der Waals surface area contributed by atoms with Crippen LogP contribution in [0, 0.1) is 0 Å². The first-order valence-corrected chi connectivity index (χ1v) is 20.9. The Morgan fingerprint density at radius 2 is 1.11 bits per heavy atom.